The summed E-state index contributed by atoms with van der Waals surface area (Å²) in [5, 5.41) is 9.15. The quantitative estimate of drug-likeness (QED) is 0.726. The molecule has 1 N–H and O–H groups in total. The Labute approximate surface area is 93.3 Å². The van der Waals surface area contributed by atoms with Crippen molar-refractivity contribution >= 4 is 0 Å². The minimum absolute atomic E-state index is 0.0744. The molecule has 1 saturated carbocycles. The van der Waals surface area contributed by atoms with Gasteiger partial charge in [0.15, 0.2) is 0 Å². The maximum absolute atomic E-state index is 9.15. The van der Waals surface area contributed by atoms with Crippen LogP contribution in [0.2, 0.25) is 0 Å². The lowest BCUT2D eigenvalue weighted by Crippen LogP contribution is -2.37. The number of hydrogen-bond donors (Lipinski definition) is 1. The molecule has 0 heterocycles. The second-order valence-corrected chi connectivity index (χ2v) is 5.35. The molecule has 88 valence electrons. The SMILES string of the molecule is C=C1CCCC(C(C)OC(C)(C)CO)C1. The molecule has 0 radical (unpaired) electrons. The molecule has 15 heavy (non-hydrogen) atoms. The summed E-state index contributed by atoms with van der Waals surface area (Å²) in [7, 11) is 0. The summed E-state index contributed by atoms with van der Waals surface area (Å²) in [6.45, 7) is 10.1. The van der Waals surface area contributed by atoms with Crippen molar-refractivity contribution in [2.45, 2.75) is 58.2 Å². The van der Waals surface area contributed by atoms with Crippen LogP contribution in [-0.2, 0) is 4.74 Å². The second kappa shape index (κ2) is 5.13. The molecular formula is C13H24O2. The summed E-state index contributed by atoms with van der Waals surface area (Å²) in [5.74, 6) is 0.581. The third-order valence-electron chi connectivity index (χ3n) is 3.21. The molecule has 2 unspecified atom stereocenters. The lowest BCUT2D eigenvalue weighted by atomic mass is 9.83. The van der Waals surface area contributed by atoms with Crippen molar-refractivity contribution in [1.29, 1.82) is 0 Å². The molecule has 2 atom stereocenters. The molecule has 0 aliphatic heterocycles. The third-order valence-corrected chi connectivity index (χ3v) is 3.21. The summed E-state index contributed by atoms with van der Waals surface area (Å²) in [6, 6.07) is 0. The Hall–Kier alpha value is -0.340. The minimum Gasteiger partial charge on any atom is -0.393 e. The lowest BCUT2D eigenvalue weighted by molar-refractivity contribution is -0.112. The molecule has 1 fully saturated rings. The molecule has 1 aliphatic rings. The average Bonchev–Trinajstić information content (AvgIpc) is 2.17. The van der Waals surface area contributed by atoms with Crippen molar-refractivity contribution in [3.8, 4) is 0 Å². The Morgan fingerprint density at radius 2 is 2.27 bits per heavy atom. The Bertz CT molecular complexity index is 221. The molecular weight excluding hydrogens is 188 g/mol. The van der Waals surface area contributed by atoms with Crippen LogP contribution < -0.4 is 0 Å². The third kappa shape index (κ3) is 3.96. The van der Waals surface area contributed by atoms with Crippen LogP contribution in [0, 0.1) is 5.92 Å². The number of ether oxygens (including phenoxy) is 1. The first kappa shape index (κ1) is 12.7. The van der Waals surface area contributed by atoms with Gasteiger partial charge in [0.05, 0.1) is 18.3 Å². The van der Waals surface area contributed by atoms with Crippen LogP contribution in [0.5, 0.6) is 0 Å². The first-order valence-electron chi connectivity index (χ1n) is 5.90. The summed E-state index contributed by atoms with van der Waals surface area (Å²) in [4.78, 5) is 0. The average molecular weight is 212 g/mol. The Morgan fingerprint density at radius 1 is 1.60 bits per heavy atom. The van der Waals surface area contributed by atoms with E-state index < -0.39 is 5.60 Å². The van der Waals surface area contributed by atoms with Crippen LogP contribution in [0.15, 0.2) is 12.2 Å². The van der Waals surface area contributed by atoms with E-state index in [1.54, 1.807) is 0 Å². The Kier molecular flexibility index (Phi) is 4.35. The number of allylic oxidation sites excluding steroid dienone is 1. The summed E-state index contributed by atoms with van der Waals surface area (Å²) in [5.41, 5.74) is 0.932. The van der Waals surface area contributed by atoms with E-state index in [0.29, 0.717) is 5.92 Å². The van der Waals surface area contributed by atoms with E-state index in [1.807, 2.05) is 13.8 Å². The zero-order valence-electron chi connectivity index (χ0n) is 10.3. The molecule has 1 aliphatic carbocycles. The highest BCUT2D eigenvalue weighted by atomic mass is 16.5. The first-order valence-corrected chi connectivity index (χ1v) is 5.90. The van der Waals surface area contributed by atoms with Crippen LogP contribution in [0.4, 0.5) is 0 Å². The molecule has 0 aromatic carbocycles. The lowest BCUT2D eigenvalue weighted by Gasteiger charge is -2.34. The fourth-order valence-corrected chi connectivity index (χ4v) is 2.23. The van der Waals surface area contributed by atoms with Gasteiger partial charge in [-0.3, -0.25) is 0 Å². The molecule has 0 bridgehead atoms. The Morgan fingerprint density at radius 3 is 2.80 bits per heavy atom. The van der Waals surface area contributed by atoms with E-state index in [4.69, 9.17) is 9.84 Å². The predicted octanol–water partition coefficient (Wildman–Crippen LogP) is 2.91. The van der Waals surface area contributed by atoms with Gasteiger partial charge in [-0.2, -0.15) is 0 Å². The molecule has 2 heteroatoms. The minimum atomic E-state index is -0.418. The number of hydrogen-bond acceptors (Lipinski definition) is 2. The summed E-state index contributed by atoms with van der Waals surface area (Å²) >= 11 is 0. The Balaban J connectivity index is 2.45. The monoisotopic (exact) mass is 212 g/mol. The van der Waals surface area contributed by atoms with Crippen LogP contribution in [0.3, 0.4) is 0 Å². The van der Waals surface area contributed by atoms with Gasteiger partial charge in [-0.05, 0) is 52.4 Å². The van der Waals surface area contributed by atoms with Gasteiger partial charge in [0.1, 0.15) is 0 Å². The molecule has 1 rings (SSSR count). The van der Waals surface area contributed by atoms with E-state index in [1.165, 1.54) is 24.8 Å². The highest BCUT2D eigenvalue weighted by molar-refractivity contribution is 5.00. The zero-order valence-corrected chi connectivity index (χ0v) is 10.3. The van der Waals surface area contributed by atoms with E-state index in [9.17, 15) is 0 Å². The number of rotatable bonds is 4. The molecule has 0 amide bonds. The van der Waals surface area contributed by atoms with E-state index in [0.717, 1.165) is 6.42 Å². The van der Waals surface area contributed by atoms with E-state index in [2.05, 4.69) is 13.5 Å². The van der Waals surface area contributed by atoms with Crippen molar-refractivity contribution in [2.24, 2.45) is 5.92 Å². The van der Waals surface area contributed by atoms with Gasteiger partial charge < -0.3 is 9.84 Å². The summed E-state index contributed by atoms with van der Waals surface area (Å²) in [6.07, 6.45) is 4.93. The highest BCUT2D eigenvalue weighted by Gasteiger charge is 2.27. The van der Waals surface area contributed by atoms with E-state index in [-0.39, 0.29) is 12.7 Å². The van der Waals surface area contributed by atoms with Gasteiger partial charge in [0.2, 0.25) is 0 Å². The smallest absolute Gasteiger partial charge is 0.0859 e. The topological polar surface area (TPSA) is 29.5 Å². The fourth-order valence-electron chi connectivity index (χ4n) is 2.23. The van der Waals surface area contributed by atoms with Crippen molar-refractivity contribution in [1.82, 2.24) is 0 Å². The van der Waals surface area contributed by atoms with Crippen molar-refractivity contribution in [3.63, 3.8) is 0 Å². The molecule has 0 spiro atoms. The van der Waals surface area contributed by atoms with Gasteiger partial charge in [-0.25, -0.2) is 0 Å². The first-order chi connectivity index (χ1) is 6.94. The molecule has 0 aromatic rings. The van der Waals surface area contributed by atoms with Crippen LogP contribution in [-0.4, -0.2) is 23.4 Å². The maximum atomic E-state index is 9.15. The van der Waals surface area contributed by atoms with Crippen molar-refractivity contribution < 1.29 is 9.84 Å². The molecule has 2 nitrogen and oxygen atoms in total. The van der Waals surface area contributed by atoms with Crippen LogP contribution in [0.25, 0.3) is 0 Å². The van der Waals surface area contributed by atoms with Crippen LogP contribution >= 0.6 is 0 Å². The molecule has 0 aromatic heterocycles. The normalized spacial score (nSPS) is 25.3. The van der Waals surface area contributed by atoms with Crippen molar-refractivity contribution in [3.05, 3.63) is 12.2 Å². The van der Waals surface area contributed by atoms with Gasteiger partial charge in [-0.1, -0.05) is 12.2 Å². The number of aliphatic hydroxyl groups excluding tert-OH is 1. The zero-order chi connectivity index (χ0) is 11.5. The van der Waals surface area contributed by atoms with Crippen LogP contribution in [0.1, 0.15) is 46.5 Å². The van der Waals surface area contributed by atoms with E-state index >= 15 is 0 Å². The summed E-state index contributed by atoms with van der Waals surface area (Å²) < 4.78 is 5.88. The fraction of sp³-hybridized carbons (Fsp3) is 0.846. The van der Waals surface area contributed by atoms with Gasteiger partial charge >= 0.3 is 0 Å². The van der Waals surface area contributed by atoms with Crippen molar-refractivity contribution in [2.75, 3.05) is 6.61 Å². The predicted molar refractivity (Wildman–Crippen MR) is 62.8 cm³/mol. The maximum Gasteiger partial charge on any atom is 0.0859 e. The number of aliphatic hydroxyl groups is 1. The standard InChI is InChI=1S/C13H24O2/c1-10-6-5-7-12(8-10)11(2)15-13(3,4)9-14/h11-12,14H,1,5-9H2,2-4H3. The second-order valence-electron chi connectivity index (χ2n) is 5.35. The van der Waals surface area contributed by atoms with Gasteiger partial charge in [0, 0.05) is 0 Å². The molecule has 0 saturated heterocycles. The van der Waals surface area contributed by atoms with Gasteiger partial charge in [0.25, 0.3) is 0 Å². The highest BCUT2D eigenvalue weighted by Crippen LogP contribution is 2.32. The largest absolute Gasteiger partial charge is 0.393 e. The van der Waals surface area contributed by atoms with Gasteiger partial charge in [-0.15, -0.1) is 0 Å².